The van der Waals surface area contributed by atoms with Gasteiger partial charge in [0.1, 0.15) is 6.10 Å². The standard InChI is InChI=1S/C39H70O4/c1-3-5-7-9-11-13-15-16-17-18-19-20-21-22-23-24-25-27-29-31-33-35-39(42)43-37(36-38(40)41)34-32-30-28-26-14-12-10-8-6-4-2/h11,13,16-17,22-23,37H,3-10,12,14-15,18-21,24-36H2,1-2H3,(H,40,41)/b13-11-,17-16-,23-22-. The predicted molar refractivity (Wildman–Crippen MR) is 186 cm³/mol. The van der Waals surface area contributed by atoms with Gasteiger partial charge in [0.2, 0.25) is 0 Å². The van der Waals surface area contributed by atoms with Crippen LogP contribution in [-0.4, -0.2) is 23.1 Å². The molecule has 4 heteroatoms. The number of unbranched alkanes of at least 4 members (excludes halogenated alkanes) is 20. The maximum Gasteiger partial charge on any atom is 0.307 e. The molecule has 1 unspecified atom stereocenters. The van der Waals surface area contributed by atoms with Gasteiger partial charge in [-0.1, -0.05) is 140 Å². The van der Waals surface area contributed by atoms with Gasteiger partial charge in [-0.2, -0.15) is 0 Å². The number of esters is 1. The molecule has 43 heavy (non-hydrogen) atoms. The summed E-state index contributed by atoms with van der Waals surface area (Å²) in [5, 5.41) is 9.21. The Labute approximate surface area is 267 Å². The van der Waals surface area contributed by atoms with Crippen molar-refractivity contribution < 1.29 is 19.4 Å². The number of carbonyl (C=O) groups excluding carboxylic acids is 1. The van der Waals surface area contributed by atoms with Crippen LogP contribution in [0.4, 0.5) is 0 Å². The maximum absolute atomic E-state index is 12.3. The van der Waals surface area contributed by atoms with Crippen molar-refractivity contribution in [2.45, 2.75) is 200 Å². The second-order valence-corrected chi connectivity index (χ2v) is 12.4. The lowest BCUT2D eigenvalue weighted by molar-refractivity contribution is -0.153. The average Bonchev–Trinajstić information content (AvgIpc) is 2.98. The molecule has 1 atom stereocenters. The van der Waals surface area contributed by atoms with Crippen LogP contribution in [0.25, 0.3) is 0 Å². The Morgan fingerprint density at radius 1 is 0.535 bits per heavy atom. The molecule has 0 spiro atoms. The zero-order valence-corrected chi connectivity index (χ0v) is 28.5. The first-order valence-electron chi connectivity index (χ1n) is 18.5. The third kappa shape index (κ3) is 34.5. The highest BCUT2D eigenvalue weighted by Gasteiger charge is 2.17. The van der Waals surface area contributed by atoms with Gasteiger partial charge in [0.25, 0.3) is 0 Å². The smallest absolute Gasteiger partial charge is 0.307 e. The molecule has 0 amide bonds. The summed E-state index contributed by atoms with van der Waals surface area (Å²) in [7, 11) is 0. The predicted octanol–water partition coefficient (Wildman–Crippen LogP) is 12.6. The molecule has 0 aliphatic rings. The summed E-state index contributed by atoms with van der Waals surface area (Å²) in [6, 6.07) is 0. The average molecular weight is 603 g/mol. The van der Waals surface area contributed by atoms with Crippen molar-refractivity contribution in [2.24, 2.45) is 0 Å². The molecule has 0 rings (SSSR count). The number of carboxylic acid groups (broad SMARTS) is 1. The summed E-state index contributed by atoms with van der Waals surface area (Å²) in [6.07, 6.45) is 44.5. The lowest BCUT2D eigenvalue weighted by Crippen LogP contribution is -2.21. The normalized spacial score (nSPS) is 12.6. The quantitative estimate of drug-likeness (QED) is 0.0461. The number of allylic oxidation sites excluding steroid dienone is 6. The van der Waals surface area contributed by atoms with E-state index in [0.717, 1.165) is 44.9 Å². The van der Waals surface area contributed by atoms with Gasteiger partial charge in [-0.25, -0.2) is 0 Å². The van der Waals surface area contributed by atoms with Gasteiger partial charge >= 0.3 is 11.9 Å². The van der Waals surface area contributed by atoms with E-state index in [0.29, 0.717) is 12.8 Å². The first-order chi connectivity index (χ1) is 21.1. The van der Waals surface area contributed by atoms with Crippen molar-refractivity contribution in [2.75, 3.05) is 0 Å². The molecule has 0 aromatic carbocycles. The maximum atomic E-state index is 12.3. The summed E-state index contributed by atoms with van der Waals surface area (Å²) in [5.41, 5.74) is 0. The van der Waals surface area contributed by atoms with Crippen molar-refractivity contribution in [1.29, 1.82) is 0 Å². The van der Waals surface area contributed by atoms with Crippen LogP contribution in [0.15, 0.2) is 36.5 Å². The molecule has 0 aliphatic carbocycles. The van der Waals surface area contributed by atoms with Gasteiger partial charge in [-0.05, 0) is 77.0 Å². The van der Waals surface area contributed by atoms with Crippen LogP contribution < -0.4 is 0 Å². The Hall–Kier alpha value is -1.84. The van der Waals surface area contributed by atoms with E-state index in [1.54, 1.807) is 0 Å². The second-order valence-electron chi connectivity index (χ2n) is 12.4. The van der Waals surface area contributed by atoms with Crippen molar-refractivity contribution in [3.05, 3.63) is 36.5 Å². The van der Waals surface area contributed by atoms with Crippen molar-refractivity contribution in [1.82, 2.24) is 0 Å². The Kier molecular flexibility index (Phi) is 33.2. The highest BCUT2D eigenvalue weighted by Crippen LogP contribution is 2.16. The molecule has 1 N–H and O–H groups in total. The van der Waals surface area contributed by atoms with Crippen LogP contribution in [0.5, 0.6) is 0 Å². The summed E-state index contributed by atoms with van der Waals surface area (Å²) < 4.78 is 5.55. The van der Waals surface area contributed by atoms with E-state index in [-0.39, 0.29) is 12.4 Å². The molecule has 0 saturated heterocycles. The number of hydrogen-bond acceptors (Lipinski definition) is 3. The van der Waals surface area contributed by atoms with Gasteiger partial charge in [-0.3, -0.25) is 9.59 Å². The lowest BCUT2D eigenvalue weighted by atomic mass is 10.0. The molecule has 250 valence electrons. The fourth-order valence-corrected chi connectivity index (χ4v) is 5.34. The zero-order chi connectivity index (χ0) is 31.5. The van der Waals surface area contributed by atoms with E-state index in [1.165, 1.54) is 116 Å². The number of rotatable bonds is 33. The summed E-state index contributed by atoms with van der Waals surface area (Å²) >= 11 is 0. The Bertz CT molecular complexity index is 693. The lowest BCUT2D eigenvalue weighted by Gasteiger charge is -2.16. The third-order valence-corrected chi connectivity index (χ3v) is 8.07. The van der Waals surface area contributed by atoms with Gasteiger partial charge in [0.05, 0.1) is 6.42 Å². The number of carbonyl (C=O) groups is 2. The van der Waals surface area contributed by atoms with E-state index in [2.05, 4.69) is 50.3 Å². The van der Waals surface area contributed by atoms with Gasteiger partial charge in [0, 0.05) is 6.42 Å². The fourth-order valence-electron chi connectivity index (χ4n) is 5.34. The SMILES string of the molecule is CCCCC/C=C\C/C=C\CCCC/C=C\CCCCCCCC(=O)OC(CCCCCCCCCCCC)CC(=O)O. The van der Waals surface area contributed by atoms with Crippen molar-refractivity contribution in [3.63, 3.8) is 0 Å². The Morgan fingerprint density at radius 3 is 1.47 bits per heavy atom. The molecular formula is C39H70O4. The summed E-state index contributed by atoms with van der Waals surface area (Å²) in [6.45, 7) is 4.49. The highest BCUT2D eigenvalue weighted by molar-refractivity contribution is 5.71. The topological polar surface area (TPSA) is 63.6 Å². The minimum Gasteiger partial charge on any atom is -0.481 e. The van der Waals surface area contributed by atoms with E-state index in [4.69, 9.17) is 4.74 Å². The van der Waals surface area contributed by atoms with Crippen molar-refractivity contribution in [3.8, 4) is 0 Å². The number of hydrogen-bond donors (Lipinski definition) is 1. The van der Waals surface area contributed by atoms with Gasteiger partial charge in [-0.15, -0.1) is 0 Å². The fraction of sp³-hybridized carbons (Fsp3) is 0.795. The highest BCUT2D eigenvalue weighted by atomic mass is 16.5. The van der Waals surface area contributed by atoms with E-state index < -0.39 is 12.1 Å². The van der Waals surface area contributed by atoms with Crippen LogP contribution in [0.2, 0.25) is 0 Å². The number of carboxylic acids is 1. The van der Waals surface area contributed by atoms with Crippen molar-refractivity contribution >= 4 is 11.9 Å². The monoisotopic (exact) mass is 603 g/mol. The molecule has 0 radical (unpaired) electrons. The molecule has 0 heterocycles. The molecule has 0 aromatic rings. The molecule has 4 nitrogen and oxygen atoms in total. The summed E-state index contributed by atoms with van der Waals surface area (Å²) in [4.78, 5) is 23.5. The minimum atomic E-state index is -0.886. The number of ether oxygens (including phenoxy) is 1. The minimum absolute atomic E-state index is 0.0785. The van der Waals surface area contributed by atoms with Gasteiger partial charge < -0.3 is 9.84 Å². The summed E-state index contributed by atoms with van der Waals surface area (Å²) in [5.74, 6) is -1.12. The van der Waals surface area contributed by atoms with Crippen LogP contribution >= 0.6 is 0 Å². The zero-order valence-electron chi connectivity index (χ0n) is 28.5. The van der Waals surface area contributed by atoms with Crippen LogP contribution in [0, 0.1) is 0 Å². The largest absolute Gasteiger partial charge is 0.481 e. The first kappa shape index (κ1) is 41.2. The van der Waals surface area contributed by atoms with Gasteiger partial charge in [0.15, 0.2) is 0 Å². The van der Waals surface area contributed by atoms with E-state index in [1.807, 2.05) is 0 Å². The molecular weight excluding hydrogens is 532 g/mol. The van der Waals surface area contributed by atoms with Crippen LogP contribution in [0.3, 0.4) is 0 Å². The van der Waals surface area contributed by atoms with E-state index >= 15 is 0 Å². The second kappa shape index (κ2) is 34.6. The Balaban J connectivity index is 3.66. The molecule has 0 saturated carbocycles. The van der Waals surface area contributed by atoms with E-state index in [9.17, 15) is 14.7 Å². The van der Waals surface area contributed by atoms with Crippen LogP contribution in [-0.2, 0) is 14.3 Å². The first-order valence-corrected chi connectivity index (χ1v) is 18.5. The molecule has 0 fully saturated rings. The molecule has 0 aromatic heterocycles. The number of aliphatic carboxylic acids is 1. The third-order valence-electron chi connectivity index (χ3n) is 8.07. The Morgan fingerprint density at radius 2 is 0.930 bits per heavy atom. The molecule has 0 bridgehead atoms. The van der Waals surface area contributed by atoms with Crippen LogP contribution in [0.1, 0.15) is 194 Å². The molecule has 0 aliphatic heterocycles.